The predicted molar refractivity (Wildman–Crippen MR) is 130 cm³/mol. The molecule has 1 N–H and O–H groups in total. The van der Waals surface area contributed by atoms with Crippen LogP contribution in [-0.4, -0.2) is 22.0 Å². The highest BCUT2D eigenvalue weighted by Gasteiger charge is 2.37. The monoisotopic (exact) mass is 481 g/mol. The number of rotatable bonds is 8. The van der Waals surface area contributed by atoms with Gasteiger partial charge in [-0.05, 0) is 59.9 Å². The first-order valence-electron chi connectivity index (χ1n) is 12.0. The van der Waals surface area contributed by atoms with Gasteiger partial charge in [-0.15, -0.1) is 0 Å². The molecule has 1 aliphatic rings. The maximum absolute atomic E-state index is 13.2. The van der Waals surface area contributed by atoms with Gasteiger partial charge in [-0.2, -0.15) is 13.2 Å². The molecule has 6 heteroatoms. The second kappa shape index (κ2) is 11.1. The first kappa shape index (κ1) is 25.0. The van der Waals surface area contributed by atoms with Crippen LogP contribution >= 0.6 is 0 Å². The van der Waals surface area contributed by atoms with Crippen LogP contribution in [0.5, 0.6) is 0 Å². The molecule has 0 saturated heterocycles. The zero-order chi connectivity index (χ0) is 24.8. The van der Waals surface area contributed by atoms with Crippen LogP contribution in [0.3, 0.4) is 0 Å². The van der Waals surface area contributed by atoms with E-state index in [0.29, 0.717) is 19.5 Å². The first-order chi connectivity index (χ1) is 16.8. The van der Waals surface area contributed by atoms with Gasteiger partial charge in [0.1, 0.15) is 0 Å². The molecule has 3 atom stereocenters. The average molecular weight is 482 g/mol. The summed E-state index contributed by atoms with van der Waals surface area (Å²) in [5.41, 5.74) is 2.51. The smallest absolute Gasteiger partial charge is 0.416 e. The van der Waals surface area contributed by atoms with Crippen LogP contribution in [0.4, 0.5) is 13.2 Å². The van der Waals surface area contributed by atoms with Gasteiger partial charge in [0, 0.05) is 25.6 Å². The van der Waals surface area contributed by atoms with Crippen molar-refractivity contribution in [1.82, 2.24) is 4.90 Å². The van der Waals surface area contributed by atoms with Gasteiger partial charge < -0.3 is 5.11 Å². The molecule has 1 saturated carbocycles. The van der Waals surface area contributed by atoms with Crippen LogP contribution in [0.15, 0.2) is 84.9 Å². The topological polar surface area (TPSA) is 40.5 Å². The molecule has 0 unspecified atom stereocenters. The third kappa shape index (κ3) is 6.73. The van der Waals surface area contributed by atoms with Gasteiger partial charge in [-0.1, -0.05) is 72.8 Å². The van der Waals surface area contributed by atoms with Crippen molar-refractivity contribution < 1.29 is 23.1 Å². The van der Waals surface area contributed by atoms with E-state index < -0.39 is 17.7 Å². The molecule has 4 rings (SSSR count). The molecule has 0 spiro atoms. The molecule has 0 amide bonds. The van der Waals surface area contributed by atoms with Gasteiger partial charge in [-0.25, -0.2) is 0 Å². The van der Waals surface area contributed by atoms with Crippen molar-refractivity contribution in [3.05, 3.63) is 107 Å². The molecule has 0 aliphatic heterocycles. The molecule has 3 aromatic carbocycles. The average Bonchev–Trinajstić information content (AvgIpc) is 2.84. The standard InChI is InChI=1S/C29H30F3NO2/c30-29(31,32)25-14-12-24(13-15-25)26-17-23(18-28(34)35)11-16-27(26)33(19-21-7-3-1-4-8-21)20-22-9-5-2-6-10-22/h1-10,12-15,23,26-27H,11,16-20H2,(H,34,35)/t23-,26+,27-/m1/s1. The Labute approximate surface area is 204 Å². The van der Waals surface area contributed by atoms with Crippen molar-refractivity contribution in [3.8, 4) is 0 Å². The molecule has 35 heavy (non-hydrogen) atoms. The third-order valence-electron chi connectivity index (χ3n) is 6.98. The van der Waals surface area contributed by atoms with Crippen LogP contribution in [0, 0.1) is 5.92 Å². The van der Waals surface area contributed by atoms with E-state index in [2.05, 4.69) is 29.2 Å². The third-order valence-corrected chi connectivity index (χ3v) is 6.98. The number of hydrogen-bond donors (Lipinski definition) is 1. The summed E-state index contributed by atoms with van der Waals surface area (Å²) in [6, 6.07) is 25.8. The van der Waals surface area contributed by atoms with Crippen molar-refractivity contribution in [3.63, 3.8) is 0 Å². The largest absolute Gasteiger partial charge is 0.481 e. The van der Waals surface area contributed by atoms with Gasteiger partial charge in [-0.3, -0.25) is 9.69 Å². The van der Waals surface area contributed by atoms with Crippen molar-refractivity contribution in [1.29, 1.82) is 0 Å². The molecule has 0 aromatic heterocycles. The van der Waals surface area contributed by atoms with Gasteiger partial charge >= 0.3 is 12.1 Å². The lowest BCUT2D eigenvalue weighted by Crippen LogP contribution is -2.42. The second-order valence-corrected chi connectivity index (χ2v) is 9.45. The highest BCUT2D eigenvalue weighted by Crippen LogP contribution is 2.42. The Morgan fingerprint density at radius 1 is 0.829 bits per heavy atom. The van der Waals surface area contributed by atoms with E-state index in [1.165, 1.54) is 11.1 Å². The van der Waals surface area contributed by atoms with Crippen LogP contribution in [-0.2, 0) is 24.1 Å². The number of carboxylic acid groups (broad SMARTS) is 1. The summed E-state index contributed by atoms with van der Waals surface area (Å²) >= 11 is 0. The van der Waals surface area contributed by atoms with Crippen LogP contribution in [0.2, 0.25) is 0 Å². The zero-order valence-corrected chi connectivity index (χ0v) is 19.5. The SMILES string of the molecule is O=C(O)C[C@@H]1CC[C@@H](N(Cc2ccccc2)Cc2ccccc2)[C@H](c2ccc(C(F)(F)F)cc2)C1. The van der Waals surface area contributed by atoms with Gasteiger partial charge in [0.25, 0.3) is 0 Å². The normalized spacial score (nSPS) is 20.6. The second-order valence-electron chi connectivity index (χ2n) is 9.45. The molecule has 0 heterocycles. The maximum Gasteiger partial charge on any atom is 0.416 e. The molecular formula is C29H30F3NO2. The molecule has 0 radical (unpaired) electrons. The summed E-state index contributed by atoms with van der Waals surface area (Å²) in [6.07, 6.45) is -2.08. The first-order valence-corrected chi connectivity index (χ1v) is 12.0. The maximum atomic E-state index is 13.2. The van der Waals surface area contributed by atoms with Crippen LogP contribution in [0.25, 0.3) is 0 Å². The fraction of sp³-hybridized carbons (Fsp3) is 0.345. The Balaban J connectivity index is 1.67. The molecule has 1 aliphatic carbocycles. The van der Waals surface area contributed by atoms with E-state index in [1.54, 1.807) is 12.1 Å². The summed E-state index contributed by atoms with van der Waals surface area (Å²) in [5.74, 6) is -0.876. The van der Waals surface area contributed by atoms with Crippen molar-refractivity contribution >= 4 is 5.97 Å². The Hall–Kier alpha value is -3.12. The molecule has 184 valence electrons. The molecule has 3 nitrogen and oxygen atoms in total. The van der Waals surface area contributed by atoms with E-state index in [0.717, 1.165) is 30.5 Å². The number of carbonyl (C=O) groups is 1. The summed E-state index contributed by atoms with van der Waals surface area (Å²) in [4.78, 5) is 13.8. The van der Waals surface area contributed by atoms with E-state index in [4.69, 9.17) is 0 Å². The Morgan fingerprint density at radius 3 is 1.86 bits per heavy atom. The number of alkyl halides is 3. The minimum atomic E-state index is -4.39. The molecule has 0 bridgehead atoms. The lowest BCUT2D eigenvalue weighted by atomic mass is 9.72. The summed E-state index contributed by atoms with van der Waals surface area (Å²) in [6.45, 7) is 1.42. The Morgan fingerprint density at radius 2 is 1.37 bits per heavy atom. The van der Waals surface area contributed by atoms with Crippen molar-refractivity contribution in [2.45, 2.75) is 56.9 Å². The van der Waals surface area contributed by atoms with E-state index in [1.807, 2.05) is 36.4 Å². The number of carboxylic acids is 1. The molecule has 3 aromatic rings. The minimum absolute atomic E-state index is 0.00587. The van der Waals surface area contributed by atoms with Crippen molar-refractivity contribution in [2.24, 2.45) is 5.92 Å². The van der Waals surface area contributed by atoms with Gasteiger partial charge in [0.05, 0.1) is 5.56 Å². The minimum Gasteiger partial charge on any atom is -0.481 e. The van der Waals surface area contributed by atoms with E-state index in [9.17, 15) is 23.1 Å². The van der Waals surface area contributed by atoms with Crippen molar-refractivity contribution in [2.75, 3.05) is 0 Å². The van der Waals surface area contributed by atoms with Crippen LogP contribution < -0.4 is 0 Å². The quantitative estimate of drug-likeness (QED) is 0.372. The molecular weight excluding hydrogens is 451 g/mol. The lowest BCUT2D eigenvalue weighted by molar-refractivity contribution is -0.139. The number of hydrogen-bond acceptors (Lipinski definition) is 2. The lowest BCUT2D eigenvalue weighted by Gasteiger charge is -2.43. The number of benzene rings is 3. The Kier molecular flexibility index (Phi) is 7.91. The summed E-state index contributed by atoms with van der Waals surface area (Å²) in [7, 11) is 0. The number of aliphatic carboxylic acids is 1. The zero-order valence-electron chi connectivity index (χ0n) is 19.5. The predicted octanol–water partition coefficient (Wildman–Crippen LogP) is 7.13. The fourth-order valence-corrected chi connectivity index (χ4v) is 5.31. The van der Waals surface area contributed by atoms with E-state index >= 15 is 0 Å². The molecule has 1 fully saturated rings. The van der Waals surface area contributed by atoms with Crippen LogP contribution in [0.1, 0.15) is 53.9 Å². The van der Waals surface area contributed by atoms with E-state index in [-0.39, 0.29) is 24.3 Å². The fourth-order valence-electron chi connectivity index (χ4n) is 5.31. The van der Waals surface area contributed by atoms with Gasteiger partial charge in [0.2, 0.25) is 0 Å². The number of halogens is 3. The summed E-state index contributed by atoms with van der Waals surface area (Å²) < 4.78 is 39.5. The summed E-state index contributed by atoms with van der Waals surface area (Å²) in [5, 5.41) is 9.38. The van der Waals surface area contributed by atoms with Gasteiger partial charge in [0.15, 0.2) is 0 Å². The Bertz CT molecular complexity index is 1040. The highest BCUT2D eigenvalue weighted by atomic mass is 19.4. The highest BCUT2D eigenvalue weighted by molar-refractivity contribution is 5.67. The number of nitrogens with zero attached hydrogens (tertiary/aromatic N) is 1.